The van der Waals surface area contributed by atoms with Crippen molar-refractivity contribution in [2.75, 3.05) is 44.2 Å². The van der Waals surface area contributed by atoms with Gasteiger partial charge < -0.3 is 10.1 Å². The number of piperidine rings is 2. The Morgan fingerprint density at radius 2 is 1.72 bits per heavy atom. The van der Waals surface area contributed by atoms with E-state index in [2.05, 4.69) is 36.2 Å². The first-order valence-electron chi connectivity index (χ1n) is 13.8. The van der Waals surface area contributed by atoms with Crippen molar-refractivity contribution in [1.29, 1.82) is 0 Å². The van der Waals surface area contributed by atoms with Crippen LogP contribution < -0.4 is 15.0 Å². The predicted molar refractivity (Wildman–Crippen MR) is 149 cm³/mol. The molecule has 2 aromatic carbocycles. The molecule has 1 N–H and O–H groups in total. The molecular weight excluding hydrogens is 516 g/mol. The van der Waals surface area contributed by atoms with Gasteiger partial charge in [-0.05, 0) is 54.9 Å². The first-order valence-corrected chi connectivity index (χ1v) is 15.3. The van der Waals surface area contributed by atoms with Crippen molar-refractivity contribution in [3.63, 3.8) is 0 Å². The average Bonchev–Trinajstić information content (AvgIpc) is 2.91. The summed E-state index contributed by atoms with van der Waals surface area (Å²) >= 11 is 0. The zero-order valence-electron chi connectivity index (χ0n) is 22.7. The quantitative estimate of drug-likeness (QED) is 0.565. The second-order valence-electron chi connectivity index (χ2n) is 11.3. The third kappa shape index (κ3) is 6.45. The molecule has 0 bridgehead atoms. The first-order chi connectivity index (χ1) is 18.7. The van der Waals surface area contributed by atoms with E-state index < -0.39 is 10.0 Å². The summed E-state index contributed by atoms with van der Waals surface area (Å²) in [6, 6.07) is 15.0. The molecule has 3 heterocycles. The third-order valence-corrected chi connectivity index (χ3v) is 9.68. The first kappa shape index (κ1) is 27.6. The van der Waals surface area contributed by atoms with E-state index in [1.54, 1.807) is 6.07 Å². The Hall–Kier alpha value is -2.95. The van der Waals surface area contributed by atoms with Gasteiger partial charge in [0, 0.05) is 38.8 Å². The second kappa shape index (κ2) is 11.7. The average molecular weight is 555 g/mol. The van der Waals surface area contributed by atoms with Crippen molar-refractivity contribution >= 4 is 27.5 Å². The summed E-state index contributed by atoms with van der Waals surface area (Å²) in [4.78, 5) is 29.7. The van der Waals surface area contributed by atoms with Crippen LogP contribution >= 0.6 is 0 Å². The summed E-state index contributed by atoms with van der Waals surface area (Å²) in [5.41, 5.74) is 1.59. The Morgan fingerprint density at radius 3 is 2.41 bits per heavy atom. The number of anilines is 1. The third-order valence-electron chi connectivity index (χ3n) is 7.85. The molecule has 9 nitrogen and oxygen atoms in total. The molecule has 2 fully saturated rings. The lowest BCUT2D eigenvalue weighted by Gasteiger charge is -2.35. The van der Waals surface area contributed by atoms with Crippen LogP contribution in [0.3, 0.4) is 0 Å². The maximum absolute atomic E-state index is 13.5. The van der Waals surface area contributed by atoms with E-state index in [9.17, 15) is 18.0 Å². The number of hydrogen-bond donors (Lipinski definition) is 1. The zero-order valence-corrected chi connectivity index (χ0v) is 23.5. The highest BCUT2D eigenvalue weighted by Gasteiger charge is 2.34. The summed E-state index contributed by atoms with van der Waals surface area (Å²) in [6.07, 6.45) is 2.66. The van der Waals surface area contributed by atoms with Crippen LogP contribution in [0.5, 0.6) is 5.75 Å². The van der Waals surface area contributed by atoms with Gasteiger partial charge in [-0.1, -0.05) is 44.2 Å². The number of ether oxygens (including phenoxy) is 1. The largest absolute Gasteiger partial charge is 0.482 e. The molecule has 2 atom stereocenters. The van der Waals surface area contributed by atoms with Crippen LogP contribution in [-0.2, 0) is 26.2 Å². The van der Waals surface area contributed by atoms with Crippen molar-refractivity contribution in [2.24, 2.45) is 11.8 Å². The standard InChI is InChI=1S/C29H38N4O5S/c1-21-14-22(2)17-32(16-21)39(36,37)25-8-9-27-26(15-25)33(29(35)20-38-27)19-28(34)30-24-10-12-31(13-11-24)18-23-6-4-3-5-7-23/h3-9,15,21-22,24H,10-14,16-20H2,1-2H3,(H,30,34). The van der Waals surface area contributed by atoms with Crippen LogP contribution in [0.1, 0.15) is 38.7 Å². The normalized spacial score (nSPS) is 23.2. The summed E-state index contributed by atoms with van der Waals surface area (Å²) in [6.45, 7) is 7.34. The van der Waals surface area contributed by atoms with Crippen LogP contribution in [-0.4, -0.2) is 74.8 Å². The van der Waals surface area contributed by atoms with Crippen LogP contribution in [0.4, 0.5) is 5.69 Å². The number of carbonyl (C=O) groups is 2. The SMILES string of the molecule is CC1CC(C)CN(S(=O)(=O)c2ccc3c(c2)N(CC(=O)NC2CCN(Cc4ccccc4)CC2)C(=O)CO3)C1. The number of hydrogen-bond acceptors (Lipinski definition) is 6. The highest BCUT2D eigenvalue weighted by atomic mass is 32.2. The number of benzene rings is 2. The highest BCUT2D eigenvalue weighted by Crippen LogP contribution is 2.36. The van der Waals surface area contributed by atoms with Gasteiger partial charge in [0.15, 0.2) is 6.61 Å². The maximum Gasteiger partial charge on any atom is 0.265 e. The molecule has 2 saturated heterocycles. The Balaban J connectivity index is 1.23. The summed E-state index contributed by atoms with van der Waals surface area (Å²) < 4.78 is 34.1. The molecule has 2 unspecified atom stereocenters. The van der Waals surface area contributed by atoms with Crippen molar-refractivity contribution in [3.8, 4) is 5.75 Å². The minimum atomic E-state index is -3.75. The van der Waals surface area contributed by atoms with Crippen molar-refractivity contribution < 1.29 is 22.7 Å². The molecule has 3 aliphatic rings. The molecule has 0 radical (unpaired) electrons. The van der Waals surface area contributed by atoms with E-state index in [4.69, 9.17) is 4.74 Å². The van der Waals surface area contributed by atoms with Gasteiger partial charge in [-0.15, -0.1) is 0 Å². The Labute approximate surface area is 231 Å². The van der Waals surface area contributed by atoms with Gasteiger partial charge in [-0.2, -0.15) is 4.31 Å². The number of carbonyl (C=O) groups excluding carboxylic acids is 2. The van der Waals surface area contributed by atoms with Crippen molar-refractivity contribution in [2.45, 2.75) is 50.6 Å². The fraction of sp³-hybridized carbons (Fsp3) is 0.517. The summed E-state index contributed by atoms with van der Waals surface area (Å²) in [5, 5.41) is 3.08. The van der Waals surface area contributed by atoms with Gasteiger partial charge in [0.1, 0.15) is 12.3 Å². The van der Waals surface area contributed by atoms with Crippen LogP contribution in [0, 0.1) is 11.8 Å². The lowest BCUT2D eigenvalue weighted by molar-refractivity contribution is -0.125. The number of fused-ring (bicyclic) bond motifs is 1. The van der Waals surface area contributed by atoms with Gasteiger partial charge in [0.25, 0.3) is 5.91 Å². The number of nitrogens with zero attached hydrogens (tertiary/aromatic N) is 3. The summed E-state index contributed by atoms with van der Waals surface area (Å²) in [7, 11) is -3.75. The fourth-order valence-electron chi connectivity index (χ4n) is 5.96. The van der Waals surface area contributed by atoms with E-state index in [0.29, 0.717) is 24.5 Å². The molecule has 210 valence electrons. The molecule has 0 spiro atoms. The number of sulfonamides is 1. The Morgan fingerprint density at radius 1 is 1.03 bits per heavy atom. The van der Waals surface area contributed by atoms with Crippen LogP contribution in [0.2, 0.25) is 0 Å². The van der Waals surface area contributed by atoms with Crippen molar-refractivity contribution in [1.82, 2.24) is 14.5 Å². The van der Waals surface area contributed by atoms with Crippen molar-refractivity contribution in [3.05, 3.63) is 54.1 Å². The van der Waals surface area contributed by atoms with E-state index in [1.165, 1.54) is 26.9 Å². The molecule has 39 heavy (non-hydrogen) atoms. The molecule has 10 heteroatoms. The van der Waals surface area contributed by atoms with E-state index in [1.807, 2.05) is 18.2 Å². The topological polar surface area (TPSA) is 99.3 Å². The Kier molecular flexibility index (Phi) is 8.25. The van der Waals surface area contributed by atoms with Crippen LogP contribution in [0.25, 0.3) is 0 Å². The molecular formula is C29H38N4O5S. The monoisotopic (exact) mass is 554 g/mol. The minimum absolute atomic E-state index is 0.0370. The Bertz CT molecular complexity index is 1280. The van der Waals surface area contributed by atoms with E-state index >= 15 is 0 Å². The second-order valence-corrected chi connectivity index (χ2v) is 13.2. The molecule has 0 aromatic heterocycles. The van der Waals surface area contributed by atoms with Gasteiger partial charge in [-0.25, -0.2) is 8.42 Å². The van der Waals surface area contributed by atoms with Gasteiger partial charge in [-0.3, -0.25) is 19.4 Å². The highest BCUT2D eigenvalue weighted by molar-refractivity contribution is 7.89. The van der Waals surface area contributed by atoms with E-state index in [0.717, 1.165) is 38.9 Å². The lowest BCUT2D eigenvalue weighted by Crippen LogP contribution is -2.49. The number of rotatable bonds is 7. The molecule has 5 rings (SSSR count). The maximum atomic E-state index is 13.5. The van der Waals surface area contributed by atoms with E-state index in [-0.39, 0.29) is 47.7 Å². The summed E-state index contributed by atoms with van der Waals surface area (Å²) in [5.74, 6) is 0.318. The predicted octanol–water partition coefficient (Wildman–Crippen LogP) is 2.86. The van der Waals surface area contributed by atoms with Gasteiger partial charge in [0.05, 0.1) is 10.6 Å². The number of likely N-dealkylation sites (tertiary alicyclic amines) is 1. The minimum Gasteiger partial charge on any atom is -0.482 e. The lowest BCUT2D eigenvalue weighted by atomic mass is 9.94. The molecule has 0 aliphatic carbocycles. The van der Waals surface area contributed by atoms with Gasteiger partial charge >= 0.3 is 0 Å². The zero-order chi connectivity index (χ0) is 27.6. The molecule has 2 aromatic rings. The number of nitrogens with one attached hydrogen (secondary N) is 1. The molecule has 3 aliphatic heterocycles. The smallest absolute Gasteiger partial charge is 0.265 e. The molecule has 2 amide bonds. The van der Waals surface area contributed by atoms with Crippen LogP contribution in [0.15, 0.2) is 53.4 Å². The van der Waals surface area contributed by atoms with Gasteiger partial charge in [0.2, 0.25) is 15.9 Å². The fourth-order valence-corrected chi connectivity index (χ4v) is 7.66. The number of amides is 2. The molecule has 0 saturated carbocycles.